The highest BCUT2D eigenvalue weighted by atomic mass is 16.4. The molecule has 5 nitrogen and oxygen atoms in total. The van der Waals surface area contributed by atoms with Gasteiger partial charge in [0.15, 0.2) is 5.84 Å². The van der Waals surface area contributed by atoms with Gasteiger partial charge in [-0.2, -0.15) is 0 Å². The van der Waals surface area contributed by atoms with Gasteiger partial charge in [0.2, 0.25) is 5.91 Å². The van der Waals surface area contributed by atoms with E-state index in [1.165, 1.54) is 0 Å². The third-order valence-electron chi connectivity index (χ3n) is 2.77. The Labute approximate surface area is 89.9 Å². The zero-order valence-electron chi connectivity index (χ0n) is 9.15. The molecule has 1 aliphatic rings. The largest absolute Gasteiger partial charge is 0.409 e. The van der Waals surface area contributed by atoms with E-state index in [0.29, 0.717) is 6.42 Å². The summed E-state index contributed by atoms with van der Waals surface area (Å²) in [6, 6.07) is 0. The van der Waals surface area contributed by atoms with Gasteiger partial charge in [-0.05, 0) is 19.3 Å². The Morgan fingerprint density at radius 2 is 2.13 bits per heavy atom. The van der Waals surface area contributed by atoms with Crippen molar-refractivity contribution in [3.8, 4) is 0 Å². The summed E-state index contributed by atoms with van der Waals surface area (Å²) in [4.78, 5) is 13.8. The maximum absolute atomic E-state index is 12.0. The normalized spacial score (nSPS) is 19.3. The summed E-state index contributed by atoms with van der Waals surface area (Å²) < 4.78 is 0. The first-order chi connectivity index (χ1) is 7.20. The Morgan fingerprint density at radius 3 is 2.60 bits per heavy atom. The molecule has 0 radical (unpaired) electrons. The quantitative estimate of drug-likeness (QED) is 0.313. The predicted octanol–water partition coefficient (Wildman–Crippen LogP) is 0.772. The molecule has 0 aromatic carbocycles. The van der Waals surface area contributed by atoms with Gasteiger partial charge in [0.25, 0.3) is 0 Å². The molecule has 0 aromatic rings. The van der Waals surface area contributed by atoms with E-state index >= 15 is 0 Å². The van der Waals surface area contributed by atoms with Crippen molar-refractivity contribution in [2.45, 2.75) is 32.6 Å². The maximum Gasteiger partial charge on any atom is 0.233 e. The lowest BCUT2D eigenvalue weighted by molar-refractivity contribution is -0.132. The monoisotopic (exact) mass is 213 g/mol. The van der Waals surface area contributed by atoms with E-state index in [-0.39, 0.29) is 11.7 Å². The van der Waals surface area contributed by atoms with Gasteiger partial charge in [-0.15, -0.1) is 0 Å². The zero-order chi connectivity index (χ0) is 11.3. The summed E-state index contributed by atoms with van der Waals surface area (Å²) in [6.07, 6.45) is 3.60. The Balaban J connectivity index is 2.65. The summed E-state index contributed by atoms with van der Waals surface area (Å²) in [6.45, 7) is 3.59. The maximum atomic E-state index is 12.0. The third kappa shape index (κ3) is 2.84. The second-order valence-corrected chi connectivity index (χ2v) is 3.90. The number of nitrogens with zero attached hydrogens (tertiary/aromatic N) is 2. The molecular formula is C10H19N3O2. The molecule has 0 aromatic heterocycles. The van der Waals surface area contributed by atoms with Crippen molar-refractivity contribution in [1.29, 1.82) is 0 Å². The zero-order valence-corrected chi connectivity index (χ0v) is 9.15. The number of hydrogen-bond acceptors (Lipinski definition) is 3. The highest BCUT2D eigenvalue weighted by Gasteiger charge is 2.28. The number of hydrogen-bond donors (Lipinski definition) is 2. The van der Waals surface area contributed by atoms with E-state index in [4.69, 9.17) is 10.9 Å². The van der Waals surface area contributed by atoms with Crippen LogP contribution in [-0.4, -0.2) is 34.9 Å². The molecule has 0 bridgehead atoms. The van der Waals surface area contributed by atoms with Crippen molar-refractivity contribution in [3.63, 3.8) is 0 Å². The fourth-order valence-electron chi connectivity index (χ4n) is 1.91. The number of oxime groups is 1. The number of amides is 1. The lowest BCUT2D eigenvalue weighted by Gasteiger charge is -2.21. The number of carbonyl (C=O) groups excluding carboxylic acids is 1. The molecule has 3 N–H and O–H groups in total. The SMILES string of the molecule is CCCC(C(=O)N1CCCC1)C(N)=NO. The van der Waals surface area contributed by atoms with Crippen molar-refractivity contribution < 1.29 is 10.0 Å². The van der Waals surface area contributed by atoms with Gasteiger partial charge in [0.05, 0.1) is 5.92 Å². The predicted molar refractivity (Wildman–Crippen MR) is 57.6 cm³/mol. The average molecular weight is 213 g/mol. The first kappa shape index (κ1) is 11.8. The van der Waals surface area contributed by atoms with E-state index < -0.39 is 5.92 Å². The van der Waals surface area contributed by atoms with Gasteiger partial charge >= 0.3 is 0 Å². The number of amidine groups is 1. The van der Waals surface area contributed by atoms with Crippen molar-refractivity contribution >= 4 is 11.7 Å². The molecular weight excluding hydrogens is 194 g/mol. The van der Waals surface area contributed by atoms with Gasteiger partial charge in [-0.3, -0.25) is 4.79 Å². The van der Waals surface area contributed by atoms with Crippen LogP contribution in [0.4, 0.5) is 0 Å². The van der Waals surface area contributed by atoms with Crippen LogP contribution >= 0.6 is 0 Å². The first-order valence-electron chi connectivity index (χ1n) is 5.47. The smallest absolute Gasteiger partial charge is 0.233 e. The minimum atomic E-state index is -0.446. The van der Waals surface area contributed by atoms with Crippen LogP contribution in [0.2, 0.25) is 0 Å². The summed E-state index contributed by atoms with van der Waals surface area (Å²) in [5.74, 6) is -0.406. The van der Waals surface area contributed by atoms with Crippen molar-refractivity contribution in [1.82, 2.24) is 4.90 Å². The molecule has 1 rings (SSSR count). The third-order valence-corrected chi connectivity index (χ3v) is 2.77. The molecule has 5 heteroatoms. The Morgan fingerprint density at radius 1 is 1.53 bits per heavy atom. The molecule has 15 heavy (non-hydrogen) atoms. The standard InChI is InChI=1S/C10H19N3O2/c1-2-5-8(9(11)12-15)10(14)13-6-3-4-7-13/h8,15H,2-7H2,1H3,(H2,11,12). The topological polar surface area (TPSA) is 78.9 Å². The summed E-state index contributed by atoms with van der Waals surface area (Å²) >= 11 is 0. The first-order valence-corrected chi connectivity index (χ1v) is 5.47. The summed E-state index contributed by atoms with van der Waals surface area (Å²) in [5.41, 5.74) is 5.52. The van der Waals surface area contributed by atoms with Crippen molar-refractivity contribution in [2.75, 3.05) is 13.1 Å². The molecule has 0 saturated carbocycles. The van der Waals surface area contributed by atoms with Crippen LogP contribution in [0.1, 0.15) is 32.6 Å². The van der Waals surface area contributed by atoms with Crippen LogP contribution < -0.4 is 5.73 Å². The lowest BCUT2D eigenvalue weighted by Crippen LogP contribution is -2.40. The average Bonchev–Trinajstić information content (AvgIpc) is 2.77. The van der Waals surface area contributed by atoms with Gasteiger partial charge in [-0.25, -0.2) is 0 Å². The molecule has 1 amide bonds. The second kappa shape index (κ2) is 5.58. The van der Waals surface area contributed by atoms with Crippen LogP contribution in [0, 0.1) is 5.92 Å². The minimum absolute atomic E-state index is 0.00431. The van der Waals surface area contributed by atoms with Gasteiger partial charge in [0, 0.05) is 13.1 Å². The summed E-state index contributed by atoms with van der Waals surface area (Å²) in [7, 11) is 0. The molecule has 0 aliphatic carbocycles. The highest BCUT2D eigenvalue weighted by Crippen LogP contribution is 2.16. The van der Waals surface area contributed by atoms with Crippen LogP contribution in [-0.2, 0) is 4.79 Å². The lowest BCUT2D eigenvalue weighted by atomic mass is 10.0. The molecule has 0 spiro atoms. The highest BCUT2D eigenvalue weighted by molar-refractivity contribution is 6.02. The molecule has 1 aliphatic heterocycles. The van der Waals surface area contributed by atoms with Crippen LogP contribution in [0.25, 0.3) is 0 Å². The van der Waals surface area contributed by atoms with Gasteiger partial charge < -0.3 is 15.8 Å². The van der Waals surface area contributed by atoms with E-state index in [0.717, 1.165) is 32.4 Å². The minimum Gasteiger partial charge on any atom is -0.409 e. The van der Waals surface area contributed by atoms with E-state index in [1.807, 2.05) is 6.92 Å². The van der Waals surface area contributed by atoms with Crippen LogP contribution in [0.3, 0.4) is 0 Å². The van der Waals surface area contributed by atoms with Crippen LogP contribution in [0.5, 0.6) is 0 Å². The Hall–Kier alpha value is -1.26. The molecule has 86 valence electrons. The molecule has 1 heterocycles. The van der Waals surface area contributed by atoms with Crippen LogP contribution in [0.15, 0.2) is 5.16 Å². The number of nitrogens with two attached hydrogens (primary N) is 1. The van der Waals surface area contributed by atoms with E-state index in [1.54, 1.807) is 4.90 Å². The molecule has 1 atom stereocenters. The van der Waals surface area contributed by atoms with Crippen molar-refractivity contribution in [2.24, 2.45) is 16.8 Å². The second-order valence-electron chi connectivity index (χ2n) is 3.90. The summed E-state index contributed by atoms with van der Waals surface area (Å²) in [5, 5.41) is 11.6. The molecule has 1 unspecified atom stereocenters. The van der Waals surface area contributed by atoms with E-state index in [2.05, 4.69) is 5.16 Å². The fourth-order valence-corrected chi connectivity index (χ4v) is 1.91. The number of rotatable bonds is 4. The molecule has 1 saturated heterocycles. The van der Waals surface area contributed by atoms with Gasteiger partial charge in [-0.1, -0.05) is 18.5 Å². The fraction of sp³-hybridized carbons (Fsp3) is 0.800. The Bertz CT molecular complexity index is 247. The molecule has 1 fully saturated rings. The van der Waals surface area contributed by atoms with Crippen molar-refractivity contribution in [3.05, 3.63) is 0 Å². The van der Waals surface area contributed by atoms with Gasteiger partial charge in [0.1, 0.15) is 0 Å². The van der Waals surface area contributed by atoms with E-state index in [9.17, 15) is 4.79 Å². The number of likely N-dealkylation sites (tertiary alicyclic amines) is 1. The number of carbonyl (C=O) groups is 1. The Kier molecular flexibility index (Phi) is 4.39.